The van der Waals surface area contributed by atoms with Crippen molar-refractivity contribution in [2.24, 2.45) is 0 Å². The van der Waals surface area contributed by atoms with Crippen molar-refractivity contribution in [1.82, 2.24) is 4.90 Å². The minimum atomic E-state index is -0.617. The van der Waals surface area contributed by atoms with Gasteiger partial charge >= 0.3 is 0 Å². The van der Waals surface area contributed by atoms with Crippen LogP contribution in [0.15, 0.2) is 48.5 Å². The van der Waals surface area contributed by atoms with E-state index in [1.54, 1.807) is 35.2 Å². The SMILES string of the molecule is N#Cc1cccc(C(=O)N2C[C@H](O)C[C@@H]2c2ccc(F)cc2)c1. The number of nitrogens with zero attached hydrogens (tertiary/aromatic N) is 2. The Morgan fingerprint density at radius 1 is 1.26 bits per heavy atom. The van der Waals surface area contributed by atoms with Crippen LogP contribution in [0.5, 0.6) is 0 Å². The fourth-order valence-electron chi connectivity index (χ4n) is 2.93. The Bertz CT molecular complexity index is 767. The summed E-state index contributed by atoms with van der Waals surface area (Å²) < 4.78 is 13.1. The standard InChI is InChI=1S/C18H15FN2O2/c19-15-6-4-13(5-7-15)17-9-16(22)11-21(17)18(23)14-3-1-2-12(8-14)10-20/h1-8,16-17,22H,9,11H2/t16-,17-/m1/s1. The molecule has 0 unspecified atom stereocenters. The molecule has 1 N–H and O–H groups in total. The van der Waals surface area contributed by atoms with E-state index < -0.39 is 6.10 Å². The number of nitriles is 1. The first-order valence-corrected chi connectivity index (χ1v) is 7.33. The van der Waals surface area contributed by atoms with Gasteiger partial charge in [-0.2, -0.15) is 5.26 Å². The quantitative estimate of drug-likeness (QED) is 0.927. The third-order valence-electron chi connectivity index (χ3n) is 4.03. The topological polar surface area (TPSA) is 64.3 Å². The Morgan fingerprint density at radius 2 is 2.00 bits per heavy atom. The third-order valence-corrected chi connectivity index (χ3v) is 4.03. The highest BCUT2D eigenvalue weighted by molar-refractivity contribution is 5.95. The molecule has 2 aromatic carbocycles. The monoisotopic (exact) mass is 310 g/mol. The van der Waals surface area contributed by atoms with Crippen LogP contribution in [0, 0.1) is 17.1 Å². The smallest absolute Gasteiger partial charge is 0.254 e. The number of carbonyl (C=O) groups excluding carboxylic acids is 1. The predicted molar refractivity (Wildman–Crippen MR) is 82.0 cm³/mol. The second-order valence-corrected chi connectivity index (χ2v) is 5.61. The first-order chi connectivity index (χ1) is 11.1. The van der Waals surface area contributed by atoms with Crippen LogP contribution < -0.4 is 0 Å². The number of halogens is 1. The van der Waals surface area contributed by atoms with Crippen LogP contribution in [0.25, 0.3) is 0 Å². The van der Waals surface area contributed by atoms with Gasteiger partial charge in [-0.3, -0.25) is 4.79 Å². The molecule has 3 rings (SSSR count). The fraction of sp³-hybridized carbons (Fsp3) is 0.222. The summed E-state index contributed by atoms with van der Waals surface area (Å²) in [5, 5.41) is 18.9. The van der Waals surface area contributed by atoms with Gasteiger partial charge in [0, 0.05) is 12.1 Å². The zero-order valence-corrected chi connectivity index (χ0v) is 12.3. The van der Waals surface area contributed by atoms with Crippen LogP contribution in [-0.2, 0) is 0 Å². The number of amides is 1. The molecule has 1 amide bonds. The van der Waals surface area contributed by atoms with Crippen molar-refractivity contribution in [2.45, 2.75) is 18.6 Å². The van der Waals surface area contributed by atoms with Crippen molar-refractivity contribution < 1.29 is 14.3 Å². The number of aliphatic hydroxyl groups excluding tert-OH is 1. The number of carbonyl (C=O) groups is 1. The lowest BCUT2D eigenvalue weighted by molar-refractivity contribution is 0.0716. The molecule has 0 radical (unpaired) electrons. The summed E-state index contributed by atoms with van der Waals surface area (Å²) in [5.41, 5.74) is 1.60. The summed E-state index contributed by atoms with van der Waals surface area (Å²) in [6, 6.07) is 14.1. The average Bonchev–Trinajstić information content (AvgIpc) is 2.96. The molecule has 1 fully saturated rings. The summed E-state index contributed by atoms with van der Waals surface area (Å²) >= 11 is 0. The molecule has 23 heavy (non-hydrogen) atoms. The summed E-state index contributed by atoms with van der Waals surface area (Å²) in [6.45, 7) is 0.220. The number of hydrogen-bond acceptors (Lipinski definition) is 3. The molecule has 2 aromatic rings. The normalized spacial score (nSPS) is 20.3. The highest BCUT2D eigenvalue weighted by Gasteiger charge is 2.35. The van der Waals surface area contributed by atoms with E-state index in [9.17, 15) is 14.3 Å². The Balaban J connectivity index is 1.91. The highest BCUT2D eigenvalue weighted by atomic mass is 19.1. The summed E-state index contributed by atoms with van der Waals surface area (Å²) in [5.74, 6) is -0.583. The molecule has 1 heterocycles. The molecule has 1 saturated heterocycles. The van der Waals surface area contributed by atoms with Gasteiger partial charge in [-0.05, 0) is 42.3 Å². The van der Waals surface area contributed by atoms with Crippen molar-refractivity contribution in [3.05, 3.63) is 71.0 Å². The molecular formula is C18H15FN2O2. The van der Waals surface area contributed by atoms with Crippen molar-refractivity contribution in [3.8, 4) is 6.07 Å². The van der Waals surface area contributed by atoms with Gasteiger partial charge in [0.05, 0.1) is 23.8 Å². The summed E-state index contributed by atoms with van der Waals surface area (Å²) in [4.78, 5) is 14.3. The molecular weight excluding hydrogens is 295 g/mol. The van der Waals surface area contributed by atoms with E-state index in [1.165, 1.54) is 18.2 Å². The van der Waals surface area contributed by atoms with Crippen LogP contribution >= 0.6 is 0 Å². The maximum Gasteiger partial charge on any atom is 0.254 e. The molecule has 5 heteroatoms. The predicted octanol–water partition coefficient (Wildman–Crippen LogP) is 2.65. The zero-order chi connectivity index (χ0) is 16.4. The van der Waals surface area contributed by atoms with Crippen LogP contribution in [0.1, 0.15) is 33.9 Å². The van der Waals surface area contributed by atoms with E-state index in [4.69, 9.17) is 5.26 Å². The maximum absolute atomic E-state index is 13.1. The van der Waals surface area contributed by atoms with Gasteiger partial charge in [0.15, 0.2) is 0 Å². The van der Waals surface area contributed by atoms with E-state index in [0.717, 1.165) is 5.56 Å². The van der Waals surface area contributed by atoms with Gasteiger partial charge in [-0.1, -0.05) is 18.2 Å². The van der Waals surface area contributed by atoms with Crippen LogP contribution in [-0.4, -0.2) is 28.6 Å². The summed E-state index contributed by atoms with van der Waals surface area (Å²) in [6.07, 6.45) is -0.205. The molecule has 1 aliphatic heterocycles. The first-order valence-electron chi connectivity index (χ1n) is 7.33. The minimum Gasteiger partial charge on any atom is -0.391 e. The van der Waals surface area contributed by atoms with E-state index in [1.807, 2.05) is 6.07 Å². The second-order valence-electron chi connectivity index (χ2n) is 5.61. The average molecular weight is 310 g/mol. The number of likely N-dealkylation sites (tertiary alicyclic amines) is 1. The molecule has 0 spiro atoms. The fourth-order valence-corrected chi connectivity index (χ4v) is 2.93. The van der Waals surface area contributed by atoms with Crippen LogP contribution in [0.2, 0.25) is 0 Å². The molecule has 0 aromatic heterocycles. The Hall–Kier alpha value is -2.71. The number of β-amino-alcohol motifs (C(OH)–C–C–N with tert-alkyl or cyclic N) is 1. The number of rotatable bonds is 2. The highest BCUT2D eigenvalue weighted by Crippen LogP contribution is 2.33. The second kappa shape index (κ2) is 6.19. The molecule has 1 aliphatic rings. The summed E-state index contributed by atoms with van der Waals surface area (Å²) in [7, 11) is 0. The molecule has 2 atom stereocenters. The molecule has 0 aliphatic carbocycles. The van der Waals surface area contributed by atoms with Crippen molar-refractivity contribution in [3.63, 3.8) is 0 Å². The first kappa shape index (κ1) is 15.2. The molecule has 4 nitrogen and oxygen atoms in total. The maximum atomic E-state index is 13.1. The minimum absolute atomic E-state index is 0.220. The van der Waals surface area contributed by atoms with Crippen LogP contribution in [0.3, 0.4) is 0 Å². The van der Waals surface area contributed by atoms with Gasteiger partial charge in [0.25, 0.3) is 5.91 Å². The van der Waals surface area contributed by atoms with Gasteiger partial charge in [-0.25, -0.2) is 4.39 Å². The lowest BCUT2D eigenvalue weighted by Crippen LogP contribution is -2.31. The molecule has 116 valence electrons. The van der Waals surface area contributed by atoms with E-state index in [-0.39, 0.29) is 24.3 Å². The lowest BCUT2D eigenvalue weighted by Gasteiger charge is -2.25. The Kier molecular flexibility index (Phi) is 4.09. The van der Waals surface area contributed by atoms with Gasteiger partial charge in [-0.15, -0.1) is 0 Å². The Morgan fingerprint density at radius 3 is 2.70 bits per heavy atom. The van der Waals surface area contributed by atoms with Gasteiger partial charge < -0.3 is 10.0 Å². The van der Waals surface area contributed by atoms with Crippen molar-refractivity contribution in [1.29, 1.82) is 5.26 Å². The van der Waals surface area contributed by atoms with Crippen molar-refractivity contribution in [2.75, 3.05) is 6.54 Å². The Labute approximate surface area is 133 Å². The van der Waals surface area contributed by atoms with Crippen LogP contribution in [0.4, 0.5) is 4.39 Å². The number of benzene rings is 2. The third kappa shape index (κ3) is 3.08. The van der Waals surface area contributed by atoms with Gasteiger partial charge in [0.2, 0.25) is 0 Å². The lowest BCUT2D eigenvalue weighted by atomic mass is 10.0. The van der Waals surface area contributed by atoms with E-state index in [0.29, 0.717) is 17.5 Å². The van der Waals surface area contributed by atoms with E-state index >= 15 is 0 Å². The molecule has 0 saturated carbocycles. The molecule has 0 bridgehead atoms. The largest absolute Gasteiger partial charge is 0.391 e. The number of hydrogen-bond donors (Lipinski definition) is 1. The zero-order valence-electron chi connectivity index (χ0n) is 12.3. The van der Waals surface area contributed by atoms with Crippen molar-refractivity contribution >= 4 is 5.91 Å². The number of aliphatic hydroxyl groups is 1. The van der Waals surface area contributed by atoms with E-state index in [2.05, 4.69) is 0 Å². The van der Waals surface area contributed by atoms with Gasteiger partial charge in [0.1, 0.15) is 5.82 Å².